The Bertz CT molecular complexity index is 722. The van der Waals surface area contributed by atoms with Crippen molar-refractivity contribution >= 4 is 17.5 Å². The van der Waals surface area contributed by atoms with E-state index in [1.807, 2.05) is 28.9 Å². The quantitative estimate of drug-likeness (QED) is 0.864. The summed E-state index contributed by atoms with van der Waals surface area (Å²) in [6.07, 6.45) is 5.08. The lowest BCUT2D eigenvalue weighted by atomic mass is 9.97. The van der Waals surface area contributed by atoms with E-state index in [4.69, 9.17) is 0 Å². The van der Waals surface area contributed by atoms with Gasteiger partial charge in [-0.3, -0.25) is 4.79 Å². The fourth-order valence-corrected chi connectivity index (χ4v) is 3.88. The Hall–Kier alpha value is -2.30. The van der Waals surface area contributed by atoms with E-state index in [-0.39, 0.29) is 17.9 Å². The molecule has 2 heterocycles. The molecule has 1 fully saturated rings. The second-order valence-electron chi connectivity index (χ2n) is 7.77. The van der Waals surface area contributed by atoms with Gasteiger partial charge in [-0.2, -0.15) is 0 Å². The molecule has 2 aliphatic heterocycles. The van der Waals surface area contributed by atoms with Gasteiger partial charge in [0.15, 0.2) is 0 Å². The Kier molecular flexibility index (Phi) is 6.19. The van der Waals surface area contributed by atoms with E-state index in [9.17, 15) is 9.59 Å². The van der Waals surface area contributed by atoms with E-state index in [0.29, 0.717) is 13.1 Å². The van der Waals surface area contributed by atoms with Crippen LogP contribution in [-0.2, 0) is 4.79 Å². The fraction of sp³-hybridized carbons (Fsp3) is 0.545. The Morgan fingerprint density at radius 1 is 1.15 bits per heavy atom. The summed E-state index contributed by atoms with van der Waals surface area (Å²) in [6.45, 7) is 8.99. The molecule has 5 heteroatoms. The van der Waals surface area contributed by atoms with Crippen LogP contribution in [0.2, 0.25) is 0 Å². The summed E-state index contributed by atoms with van der Waals surface area (Å²) in [5, 5.41) is 3.02. The molecule has 3 amide bonds. The van der Waals surface area contributed by atoms with Gasteiger partial charge in [0.25, 0.3) is 0 Å². The van der Waals surface area contributed by atoms with E-state index < -0.39 is 6.04 Å². The molecule has 0 spiro atoms. The van der Waals surface area contributed by atoms with Crippen LogP contribution in [0, 0.1) is 12.8 Å². The van der Waals surface area contributed by atoms with Crippen LogP contribution >= 0.6 is 0 Å². The summed E-state index contributed by atoms with van der Waals surface area (Å²) in [5.74, 6) is 0.128. The van der Waals surface area contributed by atoms with Crippen LogP contribution in [0.15, 0.2) is 30.3 Å². The average Bonchev–Trinajstić information content (AvgIpc) is 3.37. The first-order chi connectivity index (χ1) is 13.0. The van der Waals surface area contributed by atoms with Crippen molar-refractivity contribution in [3.63, 3.8) is 0 Å². The normalized spacial score (nSPS) is 19.0. The van der Waals surface area contributed by atoms with E-state index >= 15 is 0 Å². The largest absolute Gasteiger partial charge is 0.333 e. The molecule has 5 nitrogen and oxygen atoms in total. The van der Waals surface area contributed by atoms with E-state index in [0.717, 1.165) is 32.4 Å². The molecule has 0 aromatic heterocycles. The molecule has 2 aliphatic rings. The molecule has 3 rings (SSSR count). The van der Waals surface area contributed by atoms with Crippen molar-refractivity contribution in [3.05, 3.63) is 41.5 Å². The second-order valence-corrected chi connectivity index (χ2v) is 7.77. The summed E-state index contributed by atoms with van der Waals surface area (Å²) < 4.78 is 0. The van der Waals surface area contributed by atoms with Crippen LogP contribution in [-0.4, -0.2) is 54.0 Å². The number of hydrogen-bond acceptors (Lipinski definition) is 2. The molecule has 1 saturated heterocycles. The average molecular weight is 370 g/mol. The first kappa shape index (κ1) is 19.5. The number of amides is 3. The van der Waals surface area contributed by atoms with Gasteiger partial charge in [0.05, 0.1) is 0 Å². The first-order valence-electron chi connectivity index (χ1n) is 10.1. The lowest BCUT2D eigenvalue weighted by molar-refractivity contribution is -0.133. The number of benzene rings is 1. The van der Waals surface area contributed by atoms with E-state index in [2.05, 4.69) is 37.4 Å². The maximum Gasteiger partial charge on any atom is 0.318 e. The predicted octanol–water partition coefficient (Wildman–Crippen LogP) is 3.44. The lowest BCUT2D eigenvalue weighted by Gasteiger charge is -2.30. The molecule has 0 bridgehead atoms. The fourth-order valence-electron chi connectivity index (χ4n) is 3.88. The monoisotopic (exact) mass is 369 g/mol. The Balaban J connectivity index is 1.68. The molecular weight excluding hydrogens is 338 g/mol. The SMILES string of the molecule is CCC(C)[C@H](NC(=O)N1CCCC1)C(=O)N1CC=C(c2ccccc2C)C1. The zero-order chi connectivity index (χ0) is 19.4. The number of nitrogens with one attached hydrogen (secondary N) is 1. The molecule has 1 N–H and O–H groups in total. The molecule has 1 aromatic rings. The third-order valence-corrected chi connectivity index (χ3v) is 5.87. The first-order valence-corrected chi connectivity index (χ1v) is 10.1. The molecule has 27 heavy (non-hydrogen) atoms. The molecule has 1 aromatic carbocycles. The summed E-state index contributed by atoms with van der Waals surface area (Å²) in [4.78, 5) is 29.5. The van der Waals surface area contributed by atoms with Gasteiger partial charge in [-0.1, -0.05) is 50.6 Å². The van der Waals surface area contributed by atoms with Crippen molar-refractivity contribution in [1.82, 2.24) is 15.1 Å². The summed E-state index contributed by atoms with van der Waals surface area (Å²) in [6, 6.07) is 7.70. The molecule has 146 valence electrons. The Morgan fingerprint density at radius 3 is 2.52 bits per heavy atom. The number of carbonyl (C=O) groups excluding carboxylic acids is 2. The van der Waals surface area contributed by atoms with E-state index in [1.54, 1.807) is 0 Å². The smallest absolute Gasteiger partial charge is 0.318 e. The summed E-state index contributed by atoms with van der Waals surface area (Å²) in [5.41, 5.74) is 3.61. The highest BCUT2D eigenvalue weighted by Crippen LogP contribution is 2.25. The second kappa shape index (κ2) is 8.59. The molecule has 0 radical (unpaired) electrons. The zero-order valence-corrected chi connectivity index (χ0v) is 16.7. The highest BCUT2D eigenvalue weighted by atomic mass is 16.2. The van der Waals surface area contributed by atoms with Gasteiger partial charge in [0.2, 0.25) is 5.91 Å². The van der Waals surface area contributed by atoms with Crippen LogP contribution in [0.1, 0.15) is 44.2 Å². The van der Waals surface area contributed by atoms with Gasteiger partial charge < -0.3 is 15.1 Å². The van der Waals surface area contributed by atoms with Gasteiger partial charge in [-0.25, -0.2) is 4.79 Å². The van der Waals surface area contributed by atoms with Crippen LogP contribution in [0.5, 0.6) is 0 Å². The predicted molar refractivity (Wildman–Crippen MR) is 108 cm³/mol. The van der Waals surface area contributed by atoms with Crippen molar-refractivity contribution < 1.29 is 9.59 Å². The van der Waals surface area contributed by atoms with Crippen LogP contribution < -0.4 is 5.32 Å². The lowest BCUT2D eigenvalue weighted by Crippen LogP contribution is -2.54. The third kappa shape index (κ3) is 4.34. The number of hydrogen-bond donors (Lipinski definition) is 1. The standard InChI is InChI=1S/C22H31N3O2/c1-4-16(2)20(23-22(27)24-12-7-8-13-24)21(26)25-14-11-18(15-25)19-10-6-5-9-17(19)3/h5-6,9-11,16,20H,4,7-8,12-15H2,1-3H3,(H,23,27)/t16?,20-/m0/s1. The number of nitrogens with zero attached hydrogens (tertiary/aromatic N) is 2. The van der Waals surface area contributed by atoms with Crippen molar-refractivity contribution in [2.24, 2.45) is 5.92 Å². The highest BCUT2D eigenvalue weighted by Gasteiger charge is 2.33. The Morgan fingerprint density at radius 2 is 1.85 bits per heavy atom. The minimum atomic E-state index is -0.465. The van der Waals surface area contributed by atoms with Gasteiger partial charge in [0.1, 0.15) is 6.04 Å². The summed E-state index contributed by atoms with van der Waals surface area (Å²) >= 11 is 0. The number of likely N-dealkylation sites (tertiary alicyclic amines) is 1. The zero-order valence-electron chi connectivity index (χ0n) is 16.7. The minimum absolute atomic E-state index is 0.0248. The van der Waals surface area contributed by atoms with Gasteiger partial charge in [-0.05, 0) is 42.4 Å². The minimum Gasteiger partial charge on any atom is -0.333 e. The molecule has 0 saturated carbocycles. The van der Waals surface area contributed by atoms with Gasteiger partial charge in [-0.15, -0.1) is 0 Å². The third-order valence-electron chi connectivity index (χ3n) is 5.87. The highest BCUT2D eigenvalue weighted by molar-refractivity contribution is 5.90. The molecule has 0 aliphatic carbocycles. The van der Waals surface area contributed by atoms with Gasteiger partial charge in [0, 0.05) is 26.2 Å². The maximum absolute atomic E-state index is 13.2. The van der Waals surface area contributed by atoms with Crippen molar-refractivity contribution in [3.8, 4) is 0 Å². The molecule has 2 atom stereocenters. The molecular formula is C22H31N3O2. The maximum atomic E-state index is 13.2. The Labute approximate surface area is 162 Å². The number of rotatable bonds is 5. The number of carbonyl (C=O) groups is 2. The van der Waals surface area contributed by atoms with Crippen molar-refractivity contribution in [1.29, 1.82) is 0 Å². The topological polar surface area (TPSA) is 52.7 Å². The van der Waals surface area contributed by atoms with Crippen molar-refractivity contribution in [2.75, 3.05) is 26.2 Å². The van der Waals surface area contributed by atoms with Crippen LogP contribution in [0.4, 0.5) is 4.79 Å². The molecule has 1 unspecified atom stereocenters. The number of aryl methyl sites for hydroxylation is 1. The van der Waals surface area contributed by atoms with Crippen molar-refractivity contribution in [2.45, 2.75) is 46.1 Å². The van der Waals surface area contributed by atoms with Crippen LogP contribution in [0.3, 0.4) is 0 Å². The van der Waals surface area contributed by atoms with E-state index in [1.165, 1.54) is 16.7 Å². The van der Waals surface area contributed by atoms with Crippen LogP contribution in [0.25, 0.3) is 5.57 Å². The summed E-state index contributed by atoms with van der Waals surface area (Å²) in [7, 11) is 0. The number of urea groups is 1. The van der Waals surface area contributed by atoms with Gasteiger partial charge >= 0.3 is 6.03 Å².